The number of fused-ring (bicyclic) bond motifs is 1. The maximum atomic E-state index is 5.81. The molecule has 0 radical (unpaired) electrons. The average molecular weight is 228 g/mol. The zero-order chi connectivity index (χ0) is 11.4. The highest BCUT2D eigenvalue weighted by molar-refractivity contribution is 7.80. The van der Waals surface area contributed by atoms with E-state index in [-0.39, 0.29) is 0 Å². The van der Waals surface area contributed by atoms with Crippen LogP contribution in [0, 0.1) is 11.8 Å². The van der Waals surface area contributed by atoms with Crippen molar-refractivity contribution in [3.63, 3.8) is 0 Å². The second kappa shape index (κ2) is 4.91. The number of nitrogen functional groups attached to an aromatic ring is 1. The normalized spacial score (nSPS) is 9.81. The van der Waals surface area contributed by atoms with E-state index in [2.05, 4.69) is 29.5 Å². The molecule has 80 valence electrons. The standard InChI is InChI=1S/C13H12N2S/c14-13-12-7-2-1-6-11(12)10(9-15-13)5-3-4-8-16/h1-2,6-7,9,16H,4,8H2,(H2,14,15). The van der Waals surface area contributed by atoms with Crippen LogP contribution in [0.25, 0.3) is 10.8 Å². The Balaban J connectivity index is 2.56. The monoisotopic (exact) mass is 228 g/mol. The van der Waals surface area contributed by atoms with Crippen LogP contribution in [0.5, 0.6) is 0 Å². The van der Waals surface area contributed by atoms with E-state index in [1.54, 1.807) is 6.20 Å². The number of hydrogen-bond donors (Lipinski definition) is 2. The Morgan fingerprint density at radius 3 is 2.75 bits per heavy atom. The number of pyridine rings is 1. The van der Waals surface area contributed by atoms with Crippen LogP contribution in [0.15, 0.2) is 30.5 Å². The summed E-state index contributed by atoms with van der Waals surface area (Å²) >= 11 is 4.12. The van der Waals surface area contributed by atoms with Crippen molar-refractivity contribution in [3.8, 4) is 11.8 Å². The average Bonchev–Trinajstić information content (AvgIpc) is 2.33. The predicted octanol–water partition coefficient (Wildman–Crippen LogP) is 2.49. The molecule has 0 bridgehead atoms. The van der Waals surface area contributed by atoms with Crippen LogP contribution in [0.2, 0.25) is 0 Å². The molecule has 2 nitrogen and oxygen atoms in total. The van der Waals surface area contributed by atoms with Gasteiger partial charge in [0.05, 0.1) is 5.56 Å². The molecule has 0 aliphatic rings. The topological polar surface area (TPSA) is 38.9 Å². The summed E-state index contributed by atoms with van der Waals surface area (Å²) in [7, 11) is 0. The molecule has 0 saturated carbocycles. The van der Waals surface area contributed by atoms with E-state index in [4.69, 9.17) is 5.73 Å². The van der Waals surface area contributed by atoms with Gasteiger partial charge in [-0.2, -0.15) is 12.6 Å². The highest BCUT2D eigenvalue weighted by Gasteiger charge is 2.01. The van der Waals surface area contributed by atoms with Gasteiger partial charge in [-0.1, -0.05) is 36.1 Å². The number of nitrogens with zero attached hydrogens (tertiary/aromatic N) is 1. The molecular weight excluding hydrogens is 216 g/mol. The fourth-order valence-electron chi connectivity index (χ4n) is 1.53. The highest BCUT2D eigenvalue weighted by Crippen LogP contribution is 2.21. The lowest BCUT2D eigenvalue weighted by Gasteiger charge is -2.02. The quantitative estimate of drug-likeness (QED) is 0.581. The minimum Gasteiger partial charge on any atom is -0.383 e. The number of aromatic nitrogens is 1. The highest BCUT2D eigenvalue weighted by atomic mass is 32.1. The number of rotatable bonds is 1. The summed E-state index contributed by atoms with van der Waals surface area (Å²) in [5, 5.41) is 2.02. The van der Waals surface area contributed by atoms with Crippen molar-refractivity contribution in [2.24, 2.45) is 0 Å². The van der Waals surface area contributed by atoms with Crippen LogP contribution < -0.4 is 5.73 Å². The molecule has 1 heterocycles. The van der Waals surface area contributed by atoms with E-state index in [1.165, 1.54) is 0 Å². The van der Waals surface area contributed by atoms with Gasteiger partial charge in [0.25, 0.3) is 0 Å². The summed E-state index contributed by atoms with van der Waals surface area (Å²) < 4.78 is 0. The van der Waals surface area contributed by atoms with Crippen LogP contribution in [-0.2, 0) is 0 Å². The lowest BCUT2D eigenvalue weighted by molar-refractivity contribution is 1.31. The minimum atomic E-state index is 0.551. The molecular formula is C13H12N2S. The van der Waals surface area contributed by atoms with Gasteiger partial charge in [-0.05, 0) is 0 Å². The van der Waals surface area contributed by atoms with E-state index >= 15 is 0 Å². The van der Waals surface area contributed by atoms with Crippen LogP contribution in [0.4, 0.5) is 5.82 Å². The van der Waals surface area contributed by atoms with Gasteiger partial charge in [0.15, 0.2) is 0 Å². The van der Waals surface area contributed by atoms with Crippen molar-refractivity contribution in [2.45, 2.75) is 6.42 Å². The predicted molar refractivity (Wildman–Crippen MR) is 71.5 cm³/mol. The largest absolute Gasteiger partial charge is 0.383 e. The molecule has 0 spiro atoms. The summed E-state index contributed by atoms with van der Waals surface area (Å²) in [5.41, 5.74) is 6.73. The summed E-state index contributed by atoms with van der Waals surface area (Å²) in [6.07, 6.45) is 2.50. The molecule has 2 rings (SSSR count). The third kappa shape index (κ3) is 2.12. The molecule has 0 fully saturated rings. The van der Waals surface area contributed by atoms with Crippen LogP contribution in [0.3, 0.4) is 0 Å². The molecule has 0 amide bonds. The van der Waals surface area contributed by atoms with E-state index in [0.29, 0.717) is 5.82 Å². The Morgan fingerprint density at radius 2 is 2.00 bits per heavy atom. The fourth-order valence-corrected chi connectivity index (χ4v) is 1.64. The van der Waals surface area contributed by atoms with E-state index < -0.39 is 0 Å². The minimum absolute atomic E-state index is 0.551. The zero-order valence-electron chi connectivity index (χ0n) is 8.77. The Morgan fingerprint density at radius 1 is 1.25 bits per heavy atom. The summed E-state index contributed by atoms with van der Waals surface area (Å²) in [4.78, 5) is 4.14. The van der Waals surface area contributed by atoms with Gasteiger partial charge in [0.1, 0.15) is 5.82 Å². The molecule has 3 heteroatoms. The zero-order valence-corrected chi connectivity index (χ0v) is 9.67. The Hall–Kier alpha value is -1.66. The first kappa shape index (κ1) is 10.8. The summed E-state index contributed by atoms with van der Waals surface area (Å²) in [6.45, 7) is 0. The number of thiol groups is 1. The Kier molecular flexibility index (Phi) is 3.33. The number of benzene rings is 1. The second-order valence-electron chi connectivity index (χ2n) is 3.38. The molecule has 0 aliphatic heterocycles. The van der Waals surface area contributed by atoms with E-state index in [1.807, 2.05) is 24.3 Å². The van der Waals surface area contributed by atoms with E-state index in [9.17, 15) is 0 Å². The smallest absolute Gasteiger partial charge is 0.131 e. The third-order valence-electron chi connectivity index (χ3n) is 2.29. The second-order valence-corrected chi connectivity index (χ2v) is 3.83. The van der Waals surface area contributed by atoms with Gasteiger partial charge in [0, 0.05) is 29.1 Å². The van der Waals surface area contributed by atoms with Crippen molar-refractivity contribution in [2.75, 3.05) is 11.5 Å². The van der Waals surface area contributed by atoms with Crippen molar-refractivity contribution >= 4 is 29.2 Å². The first-order valence-corrected chi connectivity index (χ1v) is 5.69. The maximum Gasteiger partial charge on any atom is 0.131 e. The molecule has 0 unspecified atom stereocenters. The number of nitrogens with two attached hydrogens (primary N) is 1. The Bertz CT molecular complexity index is 567. The third-order valence-corrected chi connectivity index (χ3v) is 2.51. The van der Waals surface area contributed by atoms with Crippen LogP contribution >= 0.6 is 12.6 Å². The first-order valence-electron chi connectivity index (χ1n) is 5.06. The molecule has 1 aromatic carbocycles. The van der Waals surface area contributed by atoms with Gasteiger partial charge in [0.2, 0.25) is 0 Å². The van der Waals surface area contributed by atoms with Crippen LogP contribution in [-0.4, -0.2) is 10.7 Å². The lowest BCUT2D eigenvalue weighted by Crippen LogP contribution is -1.93. The summed E-state index contributed by atoms with van der Waals surface area (Å²) in [6, 6.07) is 7.90. The first-order chi connectivity index (χ1) is 7.83. The van der Waals surface area contributed by atoms with Gasteiger partial charge >= 0.3 is 0 Å². The van der Waals surface area contributed by atoms with Crippen molar-refractivity contribution in [3.05, 3.63) is 36.0 Å². The Labute approximate surface area is 100 Å². The van der Waals surface area contributed by atoms with E-state index in [0.717, 1.165) is 28.5 Å². The molecule has 2 N–H and O–H groups in total. The molecule has 1 aromatic heterocycles. The van der Waals surface area contributed by atoms with Gasteiger partial charge in [-0.25, -0.2) is 4.98 Å². The molecule has 0 aliphatic carbocycles. The summed E-state index contributed by atoms with van der Waals surface area (Å²) in [5.74, 6) is 7.48. The maximum absolute atomic E-state index is 5.81. The lowest BCUT2D eigenvalue weighted by atomic mass is 10.1. The van der Waals surface area contributed by atoms with Crippen LogP contribution in [0.1, 0.15) is 12.0 Å². The van der Waals surface area contributed by atoms with Crippen molar-refractivity contribution < 1.29 is 0 Å². The van der Waals surface area contributed by atoms with Gasteiger partial charge in [-0.3, -0.25) is 0 Å². The van der Waals surface area contributed by atoms with Crippen molar-refractivity contribution in [1.82, 2.24) is 4.98 Å². The number of hydrogen-bond acceptors (Lipinski definition) is 3. The molecule has 0 atom stereocenters. The van der Waals surface area contributed by atoms with Crippen molar-refractivity contribution in [1.29, 1.82) is 0 Å². The molecule has 2 aromatic rings. The van der Waals surface area contributed by atoms with Gasteiger partial charge in [-0.15, -0.1) is 0 Å². The molecule has 0 saturated heterocycles. The van der Waals surface area contributed by atoms with Gasteiger partial charge < -0.3 is 5.73 Å². The number of anilines is 1. The fraction of sp³-hybridized carbons (Fsp3) is 0.154. The SMILES string of the molecule is Nc1ncc(C#CCCS)c2ccccc12. The molecule has 16 heavy (non-hydrogen) atoms.